The molecule has 2 amide bonds. The first-order valence-electron chi connectivity index (χ1n) is 3.89. The van der Waals surface area contributed by atoms with E-state index in [1.165, 1.54) is 0 Å². The molecule has 5 nitrogen and oxygen atoms in total. The lowest BCUT2D eigenvalue weighted by Gasteiger charge is -2.30. The third-order valence-electron chi connectivity index (χ3n) is 2.00. The first kappa shape index (κ1) is 8.83. The number of likely N-dealkylation sites (tertiary alicyclic amines) is 1. The number of rotatable bonds is 2. The number of piperidine rings is 1. The Morgan fingerprint density at radius 2 is 2.08 bits per heavy atom. The highest BCUT2D eigenvalue weighted by atomic mass is 16.4. The van der Waals surface area contributed by atoms with Crippen molar-refractivity contribution in [1.29, 1.82) is 0 Å². The standard InChI is InChI=1S/C7H12N2O3/c10-5-9-3-1-6(2-4-9)8-7(11)12/h5-6,8H,1-4H2,(H,11,12)/p-1. The van der Waals surface area contributed by atoms with Crippen molar-refractivity contribution < 1.29 is 14.7 Å². The van der Waals surface area contributed by atoms with Gasteiger partial charge in [0, 0.05) is 19.1 Å². The van der Waals surface area contributed by atoms with Gasteiger partial charge in [-0.3, -0.25) is 4.79 Å². The molecule has 0 aromatic carbocycles. The van der Waals surface area contributed by atoms with Crippen LogP contribution in [0.3, 0.4) is 0 Å². The molecule has 68 valence electrons. The summed E-state index contributed by atoms with van der Waals surface area (Å²) in [6.07, 6.45) is 0.897. The Morgan fingerprint density at radius 3 is 2.50 bits per heavy atom. The minimum atomic E-state index is -1.24. The zero-order valence-electron chi connectivity index (χ0n) is 6.66. The zero-order valence-corrected chi connectivity index (χ0v) is 6.66. The van der Waals surface area contributed by atoms with Crippen molar-refractivity contribution in [3.05, 3.63) is 0 Å². The van der Waals surface area contributed by atoms with Gasteiger partial charge >= 0.3 is 0 Å². The predicted octanol–water partition coefficient (Wildman–Crippen LogP) is -1.46. The van der Waals surface area contributed by atoms with Crippen LogP contribution in [0.5, 0.6) is 0 Å². The first-order valence-corrected chi connectivity index (χ1v) is 3.89. The molecular weight excluding hydrogens is 160 g/mol. The minimum absolute atomic E-state index is 0.0498. The molecule has 0 saturated carbocycles. The number of nitrogens with one attached hydrogen (secondary N) is 1. The average molecular weight is 171 g/mol. The van der Waals surface area contributed by atoms with Crippen LogP contribution in [0.25, 0.3) is 0 Å². The summed E-state index contributed by atoms with van der Waals surface area (Å²) < 4.78 is 0. The molecule has 0 aliphatic carbocycles. The molecule has 5 heteroatoms. The van der Waals surface area contributed by atoms with Gasteiger partial charge in [-0.25, -0.2) is 0 Å². The summed E-state index contributed by atoms with van der Waals surface area (Å²) in [5.41, 5.74) is 0. The van der Waals surface area contributed by atoms with Gasteiger partial charge in [-0.1, -0.05) is 0 Å². The quantitative estimate of drug-likeness (QED) is 0.516. The monoisotopic (exact) mass is 171 g/mol. The maximum atomic E-state index is 10.3. The number of carboxylic acid groups (broad SMARTS) is 1. The third kappa shape index (κ3) is 2.41. The largest absolute Gasteiger partial charge is 0.530 e. The second kappa shape index (κ2) is 3.94. The Bertz CT molecular complexity index is 175. The molecule has 1 saturated heterocycles. The van der Waals surface area contributed by atoms with Crippen molar-refractivity contribution in [3.8, 4) is 0 Å². The summed E-state index contributed by atoms with van der Waals surface area (Å²) in [4.78, 5) is 22.0. The van der Waals surface area contributed by atoms with Gasteiger partial charge in [0.2, 0.25) is 6.41 Å². The van der Waals surface area contributed by atoms with E-state index in [-0.39, 0.29) is 6.04 Å². The maximum absolute atomic E-state index is 10.3. The van der Waals surface area contributed by atoms with Crippen molar-refractivity contribution in [2.24, 2.45) is 0 Å². The maximum Gasteiger partial charge on any atom is 0.209 e. The molecule has 0 radical (unpaired) electrons. The molecule has 1 rings (SSSR count). The molecule has 1 aliphatic rings. The highest BCUT2D eigenvalue weighted by molar-refractivity contribution is 5.62. The van der Waals surface area contributed by atoms with E-state index < -0.39 is 6.09 Å². The molecular formula is C7H11N2O3-. The normalized spacial score (nSPS) is 18.8. The van der Waals surface area contributed by atoms with E-state index >= 15 is 0 Å². The van der Waals surface area contributed by atoms with Gasteiger partial charge in [-0.15, -0.1) is 0 Å². The third-order valence-corrected chi connectivity index (χ3v) is 2.00. The fourth-order valence-electron chi connectivity index (χ4n) is 1.32. The summed E-state index contributed by atoms with van der Waals surface area (Å²) >= 11 is 0. The fraction of sp³-hybridized carbons (Fsp3) is 0.714. The number of carbonyl (C=O) groups is 2. The molecule has 0 spiro atoms. The average Bonchev–Trinajstić information content (AvgIpc) is 2.05. The second-order valence-corrected chi connectivity index (χ2v) is 2.85. The molecule has 1 N–H and O–H groups in total. The number of amides is 2. The SMILES string of the molecule is O=CN1CCC(NC(=O)[O-])CC1. The van der Waals surface area contributed by atoms with Gasteiger partial charge in [0.1, 0.15) is 6.09 Å². The molecule has 1 aliphatic heterocycles. The molecule has 0 atom stereocenters. The van der Waals surface area contributed by atoms with Crippen LogP contribution < -0.4 is 10.4 Å². The van der Waals surface area contributed by atoms with Gasteiger partial charge in [0.05, 0.1) is 0 Å². The summed E-state index contributed by atoms with van der Waals surface area (Å²) in [5, 5.41) is 12.4. The molecule has 12 heavy (non-hydrogen) atoms. The highest BCUT2D eigenvalue weighted by Crippen LogP contribution is 2.07. The van der Waals surface area contributed by atoms with Crippen LogP contribution in [-0.2, 0) is 4.79 Å². The minimum Gasteiger partial charge on any atom is -0.530 e. The fourth-order valence-corrected chi connectivity index (χ4v) is 1.32. The molecule has 0 unspecified atom stereocenters. The van der Waals surface area contributed by atoms with Crippen LogP contribution in [0.1, 0.15) is 12.8 Å². The van der Waals surface area contributed by atoms with Crippen LogP contribution >= 0.6 is 0 Å². The summed E-state index contributed by atoms with van der Waals surface area (Å²) in [6.45, 7) is 1.24. The van der Waals surface area contributed by atoms with Crippen molar-refractivity contribution >= 4 is 12.5 Å². The number of nitrogens with zero attached hydrogens (tertiary/aromatic N) is 1. The molecule has 0 aromatic heterocycles. The Labute approximate surface area is 70.4 Å². The van der Waals surface area contributed by atoms with E-state index in [2.05, 4.69) is 5.32 Å². The lowest BCUT2D eigenvalue weighted by molar-refractivity contribution is -0.251. The number of carbonyl (C=O) groups excluding carboxylic acids is 2. The van der Waals surface area contributed by atoms with E-state index in [9.17, 15) is 14.7 Å². The predicted molar refractivity (Wildman–Crippen MR) is 39.2 cm³/mol. The Balaban J connectivity index is 2.26. The molecule has 1 heterocycles. The van der Waals surface area contributed by atoms with Crippen LogP contribution in [0.15, 0.2) is 0 Å². The van der Waals surface area contributed by atoms with Crippen LogP contribution in [0.4, 0.5) is 4.79 Å². The van der Waals surface area contributed by atoms with Crippen molar-refractivity contribution in [3.63, 3.8) is 0 Å². The van der Waals surface area contributed by atoms with E-state index in [0.29, 0.717) is 25.9 Å². The highest BCUT2D eigenvalue weighted by Gasteiger charge is 2.16. The topological polar surface area (TPSA) is 72.5 Å². The van der Waals surface area contributed by atoms with Gasteiger partial charge in [0.15, 0.2) is 0 Å². The lowest BCUT2D eigenvalue weighted by atomic mass is 10.1. The Hall–Kier alpha value is -1.26. The van der Waals surface area contributed by atoms with Gasteiger partial charge in [-0.05, 0) is 12.8 Å². The van der Waals surface area contributed by atoms with Crippen molar-refractivity contribution in [1.82, 2.24) is 10.2 Å². The summed E-state index contributed by atoms with van der Waals surface area (Å²) in [5.74, 6) is 0. The molecule has 0 bridgehead atoms. The number of hydrogen-bond acceptors (Lipinski definition) is 3. The zero-order chi connectivity index (χ0) is 8.97. The molecule has 0 aromatic rings. The van der Waals surface area contributed by atoms with Crippen LogP contribution in [-0.4, -0.2) is 36.5 Å². The van der Waals surface area contributed by atoms with Gasteiger partial charge < -0.3 is 20.1 Å². The summed E-state index contributed by atoms with van der Waals surface area (Å²) in [6, 6.07) is -0.0498. The van der Waals surface area contributed by atoms with Gasteiger partial charge in [0.25, 0.3) is 0 Å². The van der Waals surface area contributed by atoms with Crippen molar-refractivity contribution in [2.75, 3.05) is 13.1 Å². The lowest BCUT2D eigenvalue weighted by Crippen LogP contribution is -2.48. The first-order chi connectivity index (χ1) is 5.72. The Morgan fingerprint density at radius 1 is 1.50 bits per heavy atom. The van der Waals surface area contributed by atoms with Crippen molar-refractivity contribution in [2.45, 2.75) is 18.9 Å². The van der Waals surface area contributed by atoms with E-state index in [0.717, 1.165) is 6.41 Å². The van der Waals surface area contributed by atoms with Crippen LogP contribution in [0.2, 0.25) is 0 Å². The number of hydrogen-bond donors (Lipinski definition) is 1. The summed E-state index contributed by atoms with van der Waals surface area (Å²) in [7, 11) is 0. The van der Waals surface area contributed by atoms with E-state index in [1.807, 2.05) is 0 Å². The smallest absolute Gasteiger partial charge is 0.209 e. The van der Waals surface area contributed by atoms with E-state index in [4.69, 9.17) is 0 Å². The van der Waals surface area contributed by atoms with E-state index in [1.54, 1.807) is 4.90 Å². The van der Waals surface area contributed by atoms with Crippen LogP contribution in [0, 0.1) is 0 Å². The molecule has 1 fully saturated rings. The Kier molecular flexibility index (Phi) is 2.90. The van der Waals surface area contributed by atoms with Gasteiger partial charge in [-0.2, -0.15) is 0 Å². The second-order valence-electron chi connectivity index (χ2n) is 2.85.